The van der Waals surface area contributed by atoms with E-state index >= 15 is 0 Å². The number of benzene rings is 2. The summed E-state index contributed by atoms with van der Waals surface area (Å²) in [6.07, 6.45) is 5.73. The Kier molecular flexibility index (Phi) is 4.75. The summed E-state index contributed by atoms with van der Waals surface area (Å²) in [6, 6.07) is 18.1. The maximum atomic E-state index is 6.22. The molecule has 0 bridgehead atoms. The number of unbranched alkanes of at least 4 members (excludes halogenated alkanes) is 1. The highest BCUT2D eigenvalue weighted by molar-refractivity contribution is 5.88. The first-order valence-electron chi connectivity index (χ1n) is 9.19. The molecule has 4 aromatic rings. The van der Waals surface area contributed by atoms with E-state index in [0.29, 0.717) is 12.4 Å². The van der Waals surface area contributed by atoms with E-state index in [9.17, 15) is 0 Å². The van der Waals surface area contributed by atoms with Crippen LogP contribution in [0, 0.1) is 0 Å². The number of nitrogens with zero attached hydrogens (tertiary/aromatic N) is 3. The van der Waals surface area contributed by atoms with Crippen LogP contribution in [0.3, 0.4) is 0 Å². The highest BCUT2D eigenvalue weighted by atomic mass is 16.5. The lowest BCUT2D eigenvalue weighted by molar-refractivity contribution is 0.309. The summed E-state index contributed by atoms with van der Waals surface area (Å²) in [5.41, 5.74) is 9.82. The molecule has 0 spiro atoms. The second-order valence-corrected chi connectivity index (χ2v) is 6.41. The zero-order chi connectivity index (χ0) is 18.6. The Hall–Kier alpha value is -3.34. The molecule has 0 fully saturated rings. The quantitative estimate of drug-likeness (QED) is 0.502. The van der Waals surface area contributed by atoms with Crippen LogP contribution in [0.15, 0.2) is 67.0 Å². The predicted molar refractivity (Wildman–Crippen MR) is 109 cm³/mol. The SMILES string of the molecule is CCCCOc1cccc(-c2nc(-c3ccccc3)n3ccnc(N)c23)c1. The number of nitrogen functional groups attached to an aromatic ring is 1. The van der Waals surface area contributed by atoms with Crippen molar-refractivity contribution in [3.05, 3.63) is 67.0 Å². The fourth-order valence-electron chi connectivity index (χ4n) is 3.12. The topological polar surface area (TPSA) is 65.4 Å². The van der Waals surface area contributed by atoms with Gasteiger partial charge in [-0.1, -0.05) is 55.8 Å². The molecule has 0 atom stereocenters. The molecular weight excluding hydrogens is 336 g/mol. The second-order valence-electron chi connectivity index (χ2n) is 6.41. The number of rotatable bonds is 6. The minimum Gasteiger partial charge on any atom is -0.494 e. The van der Waals surface area contributed by atoms with E-state index in [-0.39, 0.29) is 0 Å². The van der Waals surface area contributed by atoms with Crippen LogP contribution >= 0.6 is 0 Å². The molecule has 4 rings (SSSR count). The molecule has 2 N–H and O–H groups in total. The minimum atomic E-state index is 0.458. The maximum Gasteiger partial charge on any atom is 0.150 e. The zero-order valence-corrected chi connectivity index (χ0v) is 15.3. The van der Waals surface area contributed by atoms with E-state index in [4.69, 9.17) is 15.5 Å². The molecule has 5 nitrogen and oxygen atoms in total. The summed E-state index contributed by atoms with van der Waals surface area (Å²) in [6.45, 7) is 2.86. The van der Waals surface area contributed by atoms with Crippen LogP contribution < -0.4 is 10.5 Å². The van der Waals surface area contributed by atoms with Crippen molar-refractivity contribution >= 4 is 11.3 Å². The summed E-state index contributed by atoms with van der Waals surface area (Å²) < 4.78 is 7.86. The third-order valence-corrected chi connectivity index (χ3v) is 4.49. The van der Waals surface area contributed by atoms with Crippen molar-refractivity contribution < 1.29 is 4.74 Å². The van der Waals surface area contributed by atoms with Crippen molar-refractivity contribution in [3.63, 3.8) is 0 Å². The molecule has 0 aliphatic rings. The van der Waals surface area contributed by atoms with Gasteiger partial charge in [-0.25, -0.2) is 9.97 Å². The van der Waals surface area contributed by atoms with Gasteiger partial charge in [0.15, 0.2) is 0 Å². The average molecular weight is 358 g/mol. The second kappa shape index (κ2) is 7.50. The number of imidazole rings is 1. The van der Waals surface area contributed by atoms with Crippen LogP contribution in [-0.4, -0.2) is 21.0 Å². The molecule has 136 valence electrons. The van der Waals surface area contributed by atoms with E-state index in [1.165, 1.54) is 0 Å². The number of ether oxygens (including phenoxy) is 1. The Morgan fingerprint density at radius 2 is 1.85 bits per heavy atom. The fourth-order valence-corrected chi connectivity index (χ4v) is 3.12. The van der Waals surface area contributed by atoms with Crippen LogP contribution in [0.5, 0.6) is 5.75 Å². The molecule has 2 aromatic heterocycles. The standard InChI is InChI=1S/C22H22N4O/c1-2-3-14-27-18-11-7-10-17(15-18)19-20-21(23)24-12-13-26(20)22(25-19)16-8-5-4-6-9-16/h4-13,15H,2-3,14H2,1H3,(H2,23,24). The highest BCUT2D eigenvalue weighted by Crippen LogP contribution is 2.33. The van der Waals surface area contributed by atoms with Crippen molar-refractivity contribution in [3.8, 4) is 28.4 Å². The zero-order valence-electron chi connectivity index (χ0n) is 15.3. The molecule has 2 aromatic carbocycles. The van der Waals surface area contributed by atoms with Crippen LogP contribution in [0.2, 0.25) is 0 Å². The lowest BCUT2D eigenvalue weighted by Gasteiger charge is -2.07. The van der Waals surface area contributed by atoms with Gasteiger partial charge in [-0.05, 0) is 18.6 Å². The van der Waals surface area contributed by atoms with Gasteiger partial charge < -0.3 is 10.5 Å². The van der Waals surface area contributed by atoms with Gasteiger partial charge in [0.1, 0.15) is 28.6 Å². The number of hydrogen-bond donors (Lipinski definition) is 1. The van der Waals surface area contributed by atoms with Crippen molar-refractivity contribution in [2.24, 2.45) is 0 Å². The molecule has 0 amide bonds. The molecule has 2 heterocycles. The van der Waals surface area contributed by atoms with Gasteiger partial charge in [0.05, 0.1) is 6.61 Å². The third-order valence-electron chi connectivity index (χ3n) is 4.49. The Morgan fingerprint density at radius 3 is 2.67 bits per heavy atom. The molecule has 5 heteroatoms. The number of fused-ring (bicyclic) bond motifs is 1. The number of anilines is 1. The summed E-state index contributed by atoms with van der Waals surface area (Å²) >= 11 is 0. The van der Waals surface area contributed by atoms with Crippen LogP contribution in [0.4, 0.5) is 5.82 Å². The lowest BCUT2D eigenvalue weighted by atomic mass is 10.1. The van der Waals surface area contributed by atoms with Gasteiger partial charge in [0.25, 0.3) is 0 Å². The Labute approximate surface area is 158 Å². The van der Waals surface area contributed by atoms with Gasteiger partial charge in [0.2, 0.25) is 0 Å². The Bertz CT molecular complexity index is 1060. The third kappa shape index (κ3) is 3.36. The molecule has 0 aliphatic heterocycles. The molecule has 0 saturated carbocycles. The van der Waals surface area contributed by atoms with Gasteiger partial charge in [-0.2, -0.15) is 0 Å². The summed E-state index contributed by atoms with van der Waals surface area (Å²) in [7, 11) is 0. The van der Waals surface area contributed by atoms with Crippen LogP contribution in [-0.2, 0) is 0 Å². The van der Waals surface area contributed by atoms with Crippen molar-refractivity contribution in [1.82, 2.24) is 14.4 Å². The first-order valence-corrected chi connectivity index (χ1v) is 9.19. The first kappa shape index (κ1) is 17.1. The van der Waals surface area contributed by atoms with Crippen LogP contribution in [0.25, 0.3) is 28.2 Å². The van der Waals surface area contributed by atoms with Gasteiger partial charge in [-0.3, -0.25) is 4.40 Å². The molecule has 0 unspecified atom stereocenters. The molecular formula is C22H22N4O. The van der Waals surface area contributed by atoms with Crippen molar-refractivity contribution in [1.29, 1.82) is 0 Å². The predicted octanol–water partition coefficient (Wildman–Crippen LogP) is 4.82. The van der Waals surface area contributed by atoms with Crippen LogP contribution in [0.1, 0.15) is 19.8 Å². The van der Waals surface area contributed by atoms with Crippen molar-refractivity contribution in [2.75, 3.05) is 12.3 Å². The number of hydrogen-bond acceptors (Lipinski definition) is 4. The first-order chi connectivity index (χ1) is 13.3. The molecule has 0 radical (unpaired) electrons. The van der Waals surface area contributed by atoms with Gasteiger partial charge >= 0.3 is 0 Å². The van der Waals surface area contributed by atoms with E-state index in [0.717, 1.165) is 46.8 Å². The van der Waals surface area contributed by atoms with E-state index < -0.39 is 0 Å². The summed E-state index contributed by atoms with van der Waals surface area (Å²) in [5.74, 6) is 2.14. The number of nitrogens with two attached hydrogens (primary N) is 1. The average Bonchev–Trinajstić information content (AvgIpc) is 3.10. The maximum absolute atomic E-state index is 6.22. The molecule has 0 aliphatic carbocycles. The largest absolute Gasteiger partial charge is 0.494 e. The number of aromatic nitrogens is 3. The molecule has 27 heavy (non-hydrogen) atoms. The van der Waals surface area contributed by atoms with Gasteiger partial charge in [-0.15, -0.1) is 0 Å². The Morgan fingerprint density at radius 1 is 1.04 bits per heavy atom. The highest BCUT2D eigenvalue weighted by Gasteiger charge is 2.17. The van der Waals surface area contributed by atoms with Crippen molar-refractivity contribution in [2.45, 2.75) is 19.8 Å². The Balaban J connectivity index is 1.84. The fraction of sp³-hybridized carbons (Fsp3) is 0.182. The van der Waals surface area contributed by atoms with E-state index in [1.54, 1.807) is 6.20 Å². The lowest BCUT2D eigenvalue weighted by Crippen LogP contribution is -1.97. The van der Waals surface area contributed by atoms with E-state index in [1.807, 2.05) is 65.2 Å². The normalized spacial score (nSPS) is 11.0. The monoisotopic (exact) mass is 358 g/mol. The van der Waals surface area contributed by atoms with Gasteiger partial charge in [0, 0.05) is 23.5 Å². The smallest absolute Gasteiger partial charge is 0.150 e. The summed E-state index contributed by atoms with van der Waals surface area (Å²) in [5, 5.41) is 0. The summed E-state index contributed by atoms with van der Waals surface area (Å²) in [4.78, 5) is 9.18. The molecule has 0 saturated heterocycles. The van der Waals surface area contributed by atoms with E-state index in [2.05, 4.69) is 11.9 Å². The minimum absolute atomic E-state index is 0.458.